The Hall–Kier alpha value is 9.31. The van der Waals surface area contributed by atoms with Gasteiger partial charge >= 0.3 is 384 Å². The van der Waals surface area contributed by atoms with Crippen LogP contribution in [0.15, 0.2) is 12.4 Å². The predicted octanol–water partition coefficient (Wildman–Crippen LogP) is -53.4. The second-order valence-corrected chi connectivity index (χ2v) is 32.0. The first kappa shape index (κ1) is 160. The molecule has 65 nitrogen and oxygen atoms in total. The number of aromatic nitrogens is 6. The molecule has 18 atom stereocenters. The van der Waals surface area contributed by atoms with E-state index < -0.39 is 259 Å². The molecule has 4 aliphatic rings. The molecular formula is C32H45N6Na13O59S13-4. The maximum absolute atomic E-state index is 12.2. The van der Waals surface area contributed by atoms with Crippen molar-refractivity contribution in [1.29, 1.82) is 0 Å². The van der Waals surface area contributed by atoms with Gasteiger partial charge in [-0.05, 0) is 36.9 Å². The quantitative estimate of drug-likeness (QED) is 0.0151. The van der Waals surface area contributed by atoms with Gasteiger partial charge in [-0.3, -0.25) is 59.0 Å². The minimum Gasteiger partial charge on any atom is -0.726 e. The summed E-state index contributed by atoms with van der Waals surface area (Å²) in [5.74, 6) is -1.29. The van der Waals surface area contributed by atoms with Gasteiger partial charge in [0.15, 0.2) is 31.0 Å². The van der Waals surface area contributed by atoms with Crippen LogP contribution in [-0.4, -0.2) is 321 Å². The van der Waals surface area contributed by atoms with Gasteiger partial charge in [0.2, 0.25) is 141 Å². The van der Waals surface area contributed by atoms with Crippen molar-refractivity contribution in [2.45, 2.75) is 131 Å². The third-order valence-corrected chi connectivity index (χ3v) is 14.9. The maximum atomic E-state index is 12.2. The van der Waals surface area contributed by atoms with Crippen LogP contribution in [0.25, 0.3) is 0 Å². The number of nitrogens with zero attached hydrogens (tertiary/aromatic N) is 5. The van der Waals surface area contributed by atoms with E-state index >= 15 is 0 Å². The second kappa shape index (κ2) is 68.6. The number of hydrogen-bond acceptors (Lipinski definition) is 57. The Morgan fingerprint density at radius 3 is 1.02 bits per heavy atom. The zero-order chi connectivity index (χ0) is 86.3. The van der Waals surface area contributed by atoms with Crippen LogP contribution in [0.2, 0.25) is 0 Å². The molecule has 3 saturated heterocycles. The summed E-state index contributed by atoms with van der Waals surface area (Å²) in [4.78, 5) is 0. The summed E-state index contributed by atoms with van der Waals surface area (Å²) < 4.78 is 525. The normalized spacial score (nSPS) is 25.4. The SMILES string of the molecule is O=S(=O)([O-])O.O=S(=O)([O-])O.O=S(=O)([O-])O.O=S(=O)([O-])O.O=S(=O)([O-])O.[CH2-]C1O[C@H](O[C@@H]2C([CH2-])O[C@@H](OCc3c[n+](C[C@@H]4C[C@@H](OCc5cn(C)nn5)[CH-][C@@H](OS(=O)(=O)[O-])[C@H]4OS(=O)(=O)[O-])[nH]n3)[CH-][C@H]2OS(=O)(=O)[O-])C(OS(=O)(=O)[O-])[C@@H](OS(=O)(=O)[O-])[C@@H]1O[C@H]1OC([CH2-])[C@@H](OS(=O)(=O)[O-])[C@H](OS(=O)(=O)[O-])C1OS(=O)(=O)[O-].[Na+].[Na+].[Na+].[Na+].[Na+].[Na+].[Na+].[Na+].[Na+].[Na+].[Na+].[Na+].[Na+]. The van der Waals surface area contributed by atoms with Crippen molar-refractivity contribution in [2.75, 3.05) is 0 Å². The molecule has 2 aromatic rings. The van der Waals surface area contributed by atoms with E-state index in [0.717, 1.165) is 17.3 Å². The Bertz CT molecular complexity index is 4750. The van der Waals surface area contributed by atoms with Gasteiger partial charge in [-0.25, -0.2) is 116 Å². The Kier molecular flexibility index (Phi) is 89.4. The van der Waals surface area contributed by atoms with E-state index in [0.29, 0.717) is 6.42 Å². The number of rotatable bonds is 28. The molecule has 4 fully saturated rings. The molecule has 652 valence electrons. The number of H-pyrrole nitrogens is 1. The fraction of sp³-hybridized carbons (Fsp3) is 0.719. The summed E-state index contributed by atoms with van der Waals surface area (Å²) in [5.41, 5.74) is 0.121. The number of nitrogens with one attached hydrogen (secondary N) is 1. The molecule has 6 rings (SSSR count). The third-order valence-electron chi connectivity index (χ3n) is 11.2. The van der Waals surface area contributed by atoms with E-state index in [1.165, 1.54) is 17.9 Å². The molecule has 6 N–H and O–H groups in total. The van der Waals surface area contributed by atoms with Crippen LogP contribution in [0.3, 0.4) is 0 Å². The summed E-state index contributed by atoms with van der Waals surface area (Å²) in [6, 6.07) is 0. The molecule has 0 bridgehead atoms. The average molecular weight is 2170 g/mol. The minimum absolute atomic E-state index is 0. The van der Waals surface area contributed by atoms with Crippen molar-refractivity contribution in [1.82, 2.24) is 25.3 Å². The van der Waals surface area contributed by atoms with Gasteiger partial charge in [-0.2, -0.15) is 4.68 Å². The van der Waals surface area contributed by atoms with Crippen LogP contribution < -0.4 is 389 Å². The van der Waals surface area contributed by atoms with E-state index in [-0.39, 0.29) is 409 Å². The van der Waals surface area contributed by atoms with Crippen molar-refractivity contribution < 1.29 is 647 Å². The molecule has 1 saturated carbocycles. The first-order chi connectivity index (χ1) is 48.7. The summed E-state index contributed by atoms with van der Waals surface area (Å²) in [5, 5.41) is 13.9. The maximum Gasteiger partial charge on any atom is 1.00 e. The summed E-state index contributed by atoms with van der Waals surface area (Å²) in [7, 11) is -71.6. The number of ether oxygens (including phenoxy) is 7. The molecule has 2 aromatic heterocycles. The topological polar surface area (TPSA) is 1050 Å². The molecular weight excluding hydrogens is 2130 g/mol. The van der Waals surface area contributed by atoms with Gasteiger partial charge in [0.1, 0.15) is 37.2 Å². The molecule has 1 aliphatic carbocycles. The predicted molar refractivity (Wildman–Crippen MR) is 300 cm³/mol. The number of aryl methyl sites for hydroxylation is 1. The molecule has 0 radical (unpaired) electrons. The van der Waals surface area contributed by atoms with Crippen LogP contribution in [0.1, 0.15) is 17.8 Å². The monoisotopic (exact) mass is 2170 g/mol. The fourth-order valence-corrected chi connectivity index (χ4v) is 12.3. The van der Waals surface area contributed by atoms with Crippen molar-refractivity contribution in [3.8, 4) is 0 Å². The second-order valence-electron chi connectivity index (χ2n) is 19.6. The van der Waals surface area contributed by atoms with Gasteiger partial charge in [0.25, 0.3) is 0 Å². The van der Waals surface area contributed by atoms with Crippen molar-refractivity contribution in [3.05, 3.63) is 57.4 Å². The van der Waals surface area contributed by atoms with Gasteiger partial charge in [-0.1, -0.05) is 16.5 Å². The van der Waals surface area contributed by atoms with Gasteiger partial charge in [-0.15, -0.1) is 5.10 Å². The van der Waals surface area contributed by atoms with Crippen LogP contribution in [-0.2, 0) is 229 Å². The first-order valence-corrected chi connectivity index (χ1v) is 43.2. The number of hydrogen-bond donors (Lipinski definition) is 6. The molecule has 91 heteroatoms. The van der Waals surface area contributed by atoms with E-state index in [1.807, 2.05) is 0 Å². The summed E-state index contributed by atoms with van der Waals surface area (Å²) in [6.07, 6.45) is -39.1. The summed E-state index contributed by atoms with van der Waals surface area (Å²) >= 11 is 0. The van der Waals surface area contributed by atoms with Crippen molar-refractivity contribution in [3.63, 3.8) is 0 Å². The zero-order valence-corrected chi connectivity index (χ0v) is 102. The van der Waals surface area contributed by atoms with Gasteiger partial charge in [0, 0.05) is 24.4 Å². The molecule has 0 amide bonds. The number of aromatic amines is 1. The molecule has 5 unspecified atom stereocenters. The van der Waals surface area contributed by atoms with E-state index in [1.54, 1.807) is 0 Å². The standard InChI is InChI=1S/C32H47N6O39S8.13Na.5H2O4S/c1-13-23(68-31-29(76-84(57,58)59)27(74-82(51,52)53)24(14(2)66-31)69-32-30(77-85(60,61)62)28(75-83(54,55)56)25(15(3)67-32)72-80(45,46)47)21(71-79(42,43)44)7-22(65-13)64-12-18-10-38(36-34-18)8-16-5-19(63-11-17-9-37(4)35-33-17)6-20(70-78(39,40)41)26(16)73-81(48,49)50;;;;;;;;;;;;;;5*1-5(2,3)4/h6-7,9-10,13-16,19-32H,1-3,5,8,11-12H2,4H3,(H8,39,40,41,42,43,44,45,46,47,48,49,50,51,52,53,54,55,56,57,58,59,60,61,62);;;;;;;;;;;;;;5*(H2,1,2,3,4)/q-5;13*+1;;;;;/p-12/t13?,14?,15?,16-,19+,20+,21+,22+,23+,24+,25+,26-,27-,28-,29?,30?,31+,32+;;;;;;;;;;;;;;;;;;/m0................../s1. The zero-order valence-electron chi connectivity index (χ0n) is 65.0. The summed E-state index contributed by atoms with van der Waals surface area (Å²) in [6.45, 7) is 8.56. The molecule has 123 heavy (non-hydrogen) atoms. The van der Waals surface area contributed by atoms with Gasteiger partial charge < -0.3 is 121 Å². The van der Waals surface area contributed by atoms with E-state index in [2.05, 4.69) is 74.9 Å². The average Bonchev–Trinajstić information content (AvgIpc) is 0.906. The van der Waals surface area contributed by atoms with Crippen LogP contribution in [0.5, 0.6) is 0 Å². The first-order valence-electron chi connectivity index (χ1n) is 25.7. The van der Waals surface area contributed by atoms with Crippen molar-refractivity contribution in [2.24, 2.45) is 13.0 Å². The Morgan fingerprint density at radius 1 is 0.407 bits per heavy atom. The fourth-order valence-electron chi connectivity index (χ4n) is 8.42. The Morgan fingerprint density at radius 2 is 0.691 bits per heavy atom. The van der Waals surface area contributed by atoms with Crippen molar-refractivity contribution >= 4 is 135 Å². The Balaban J connectivity index is -0.000000254. The van der Waals surface area contributed by atoms with E-state index in [4.69, 9.17) is 121 Å². The minimum atomic E-state index is -6.34. The molecule has 0 spiro atoms. The van der Waals surface area contributed by atoms with Crippen LogP contribution in [0, 0.1) is 39.5 Å². The van der Waals surface area contributed by atoms with E-state index in [9.17, 15) is 104 Å². The third kappa shape index (κ3) is 84.4. The van der Waals surface area contributed by atoms with Gasteiger partial charge in [0.05, 0.1) is 31.1 Å². The van der Waals surface area contributed by atoms with Crippen LogP contribution in [0.4, 0.5) is 0 Å². The van der Waals surface area contributed by atoms with Crippen LogP contribution >= 0.6 is 0 Å². The Labute approximate surface area is 989 Å². The molecule has 3 aliphatic heterocycles. The smallest absolute Gasteiger partial charge is 0.726 e. The largest absolute Gasteiger partial charge is 1.00 e. The molecule has 5 heterocycles. The molecule has 0 aromatic carbocycles.